The Hall–Kier alpha value is -3.22. The molecule has 7 nitrogen and oxygen atoms in total. The van der Waals surface area contributed by atoms with Gasteiger partial charge in [0.2, 0.25) is 5.91 Å². The van der Waals surface area contributed by atoms with Crippen LogP contribution in [0.1, 0.15) is 85.6 Å². The molecule has 2 N–H and O–H groups in total. The number of ether oxygens (including phenoxy) is 1. The third-order valence-corrected chi connectivity index (χ3v) is 7.67. The molecule has 1 unspecified atom stereocenters. The molecular weight excluding hydrogens is 524 g/mol. The molecule has 0 spiro atoms. The van der Waals surface area contributed by atoms with Crippen molar-refractivity contribution < 1.29 is 14.3 Å². The van der Waals surface area contributed by atoms with Crippen molar-refractivity contribution in [3.05, 3.63) is 60.2 Å². The lowest BCUT2D eigenvalue weighted by atomic mass is 9.99. The largest absolute Gasteiger partial charge is 0.489 e. The maximum atomic E-state index is 13.7. The van der Waals surface area contributed by atoms with E-state index in [-0.39, 0.29) is 17.9 Å². The van der Waals surface area contributed by atoms with Gasteiger partial charge >= 0.3 is 6.03 Å². The molecule has 1 heterocycles. The van der Waals surface area contributed by atoms with E-state index in [0.717, 1.165) is 68.7 Å². The molecule has 1 aliphatic heterocycles. The highest BCUT2D eigenvalue weighted by molar-refractivity contribution is 5.87. The molecule has 0 saturated carbocycles. The molecule has 0 aromatic heterocycles. The molecule has 2 aromatic rings. The Bertz CT molecular complexity index is 1090. The van der Waals surface area contributed by atoms with Crippen LogP contribution in [-0.2, 0) is 11.4 Å². The molecule has 0 aliphatic carbocycles. The Labute approximate surface area is 254 Å². The summed E-state index contributed by atoms with van der Waals surface area (Å²) in [5.74, 6) is 1.52. The summed E-state index contributed by atoms with van der Waals surface area (Å²) >= 11 is 0. The van der Waals surface area contributed by atoms with Gasteiger partial charge in [-0.3, -0.25) is 4.79 Å². The summed E-state index contributed by atoms with van der Waals surface area (Å²) in [6.07, 6.45) is 5.98. The maximum Gasteiger partial charge on any atom is 0.318 e. The van der Waals surface area contributed by atoms with E-state index in [1.807, 2.05) is 35.2 Å². The first-order chi connectivity index (χ1) is 20.0. The average Bonchev–Trinajstić information content (AvgIpc) is 3.24. The normalized spacial score (nSPS) is 14.8. The molecule has 3 rings (SSSR count). The van der Waals surface area contributed by atoms with Gasteiger partial charge in [0.05, 0.1) is 5.54 Å². The smallest absolute Gasteiger partial charge is 0.318 e. The van der Waals surface area contributed by atoms with Crippen LogP contribution < -0.4 is 20.3 Å². The van der Waals surface area contributed by atoms with Crippen molar-refractivity contribution in [1.29, 1.82) is 0 Å². The highest BCUT2D eigenvalue weighted by atomic mass is 16.5. The van der Waals surface area contributed by atoms with E-state index in [9.17, 15) is 9.59 Å². The summed E-state index contributed by atoms with van der Waals surface area (Å²) in [5.41, 5.74) is 1.66. The van der Waals surface area contributed by atoms with Gasteiger partial charge in [0.15, 0.2) is 0 Å². The number of carbonyl (C=O) groups is 2. The van der Waals surface area contributed by atoms with E-state index in [0.29, 0.717) is 25.5 Å². The van der Waals surface area contributed by atoms with Gasteiger partial charge in [-0.1, -0.05) is 76.9 Å². The van der Waals surface area contributed by atoms with E-state index < -0.39 is 11.6 Å². The lowest BCUT2D eigenvalue weighted by molar-refractivity contribution is -0.124. The number of anilines is 1. The van der Waals surface area contributed by atoms with Crippen LogP contribution in [-0.4, -0.2) is 54.6 Å². The Morgan fingerprint density at radius 3 is 2.26 bits per heavy atom. The predicted octanol–water partition coefficient (Wildman–Crippen LogP) is 7.01. The first kappa shape index (κ1) is 33.3. The SMILES string of the molecule is CC(C)CCN(CC(C)(C)NC(=O)C(CC(C)C)NC(=O)N1CCCCCC1)c1cccc(OCc2ccccc2)c1. The maximum absolute atomic E-state index is 13.7. The zero-order valence-corrected chi connectivity index (χ0v) is 26.8. The molecule has 2 aromatic carbocycles. The van der Waals surface area contributed by atoms with E-state index >= 15 is 0 Å². The van der Waals surface area contributed by atoms with Crippen molar-refractivity contribution in [1.82, 2.24) is 15.5 Å². The Kier molecular flexibility index (Phi) is 13.0. The molecule has 7 heteroatoms. The van der Waals surface area contributed by atoms with Crippen molar-refractivity contribution in [3.8, 4) is 5.75 Å². The van der Waals surface area contributed by atoms with Crippen molar-refractivity contribution in [2.75, 3.05) is 31.1 Å². The summed E-state index contributed by atoms with van der Waals surface area (Å²) in [5, 5.41) is 6.36. The second-order valence-electron chi connectivity index (χ2n) is 13.3. The zero-order valence-electron chi connectivity index (χ0n) is 26.8. The zero-order chi connectivity index (χ0) is 30.5. The summed E-state index contributed by atoms with van der Waals surface area (Å²) in [6.45, 7) is 16.3. The molecule has 3 amide bonds. The molecule has 42 heavy (non-hydrogen) atoms. The summed E-state index contributed by atoms with van der Waals surface area (Å²) in [4.78, 5) is 31.0. The van der Waals surface area contributed by atoms with Crippen LogP contribution in [0.5, 0.6) is 5.75 Å². The predicted molar refractivity (Wildman–Crippen MR) is 173 cm³/mol. The number of amides is 3. The summed E-state index contributed by atoms with van der Waals surface area (Å²) in [6, 6.07) is 17.7. The second-order valence-corrected chi connectivity index (χ2v) is 13.3. The first-order valence-corrected chi connectivity index (χ1v) is 15.9. The van der Waals surface area contributed by atoms with E-state index in [2.05, 4.69) is 81.3 Å². The van der Waals surface area contributed by atoms with Crippen LogP contribution in [0, 0.1) is 11.8 Å². The number of hydrogen-bond acceptors (Lipinski definition) is 4. The fourth-order valence-electron chi connectivity index (χ4n) is 5.38. The number of likely N-dealkylation sites (tertiary alicyclic amines) is 1. The number of benzene rings is 2. The van der Waals surface area contributed by atoms with Crippen molar-refractivity contribution in [3.63, 3.8) is 0 Å². The number of rotatable bonds is 14. The van der Waals surface area contributed by atoms with Crippen LogP contribution in [0.15, 0.2) is 54.6 Å². The molecule has 1 aliphatic rings. The third-order valence-electron chi connectivity index (χ3n) is 7.67. The third kappa shape index (κ3) is 11.6. The Morgan fingerprint density at radius 1 is 0.929 bits per heavy atom. The van der Waals surface area contributed by atoms with Gasteiger partial charge in [-0.05, 0) is 69.1 Å². The minimum atomic E-state index is -0.571. The minimum absolute atomic E-state index is 0.124. The van der Waals surface area contributed by atoms with Gasteiger partial charge in [0, 0.05) is 37.9 Å². The molecule has 232 valence electrons. The fourth-order valence-corrected chi connectivity index (χ4v) is 5.38. The molecule has 0 radical (unpaired) electrons. The van der Waals surface area contributed by atoms with Gasteiger partial charge < -0.3 is 25.2 Å². The summed E-state index contributed by atoms with van der Waals surface area (Å²) < 4.78 is 6.13. The van der Waals surface area contributed by atoms with E-state index in [1.54, 1.807) is 0 Å². The van der Waals surface area contributed by atoms with Gasteiger partial charge in [0.1, 0.15) is 18.4 Å². The molecule has 1 saturated heterocycles. The molecular formula is C35H54N4O3. The van der Waals surface area contributed by atoms with Crippen LogP contribution in [0.2, 0.25) is 0 Å². The number of nitrogens with one attached hydrogen (secondary N) is 2. The lowest BCUT2D eigenvalue weighted by Gasteiger charge is -2.37. The highest BCUT2D eigenvalue weighted by Crippen LogP contribution is 2.25. The molecule has 1 fully saturated rings. The van der Waals surface area contributed by atoms with Crippen molar-refractivity contribution >= 4 is 17.6 Å². The van der Waals surface area contributed by atoms with Crippen LogP contribution in [0.25, 0.3) is 0 Å². The van der Waals surface area contributed by atoms with Gasteiger partial charge in [-0.15, -0.1) is 0 Å². The lowest BCUT2D eigenvalue weighted by Crippen LogP contribution is -2.58. The molecule has 0 bridgehead atoms. The van der Waals surface area contributed by atoms with Gasteiger partial charge in [-0.2, -0.15) is 0 Å². The van der Waals surface area contributed by atoms with Crippen molar-refractivity contribution in [2.45, 2.75) is 98.3 Å². The topological polar surface area (TPSA) is 73.9 Å². The second kappa shape index (κ2) is 16.4. The number of urea groups is 1. The van der Waals surface area contributed by atoms with Crippen LogP contribution in [0.3, 0.4) is 0 Å². The van der Waals surface area contributed by atoms with E-state index in [4.69, 9.17) is 4.74 Å². The van der Waals surface area contributed by atoms with E-state index in [1.165, 1.54) is 0 Å². The van der Waals surface area contributed by atoms with Gasteiger partial charge in [-0.25, -0.2) is 4.79 Å². The average molecular weight is 579 g/mol. The van der Waals surface area contributed by atoms with Crippen LogP contribution >= 0.6 is 0 Å². The minimum Gasteiger partial charge on any atom is -0.489 e. The Morgan fingerprint density at radius 2 is 1.62 bits per heavy atom. The Balaban J connectivity index is 1.70. The standard InChI is InChI=1S/C35H54N4O3/c1-27(2)19-22-39(30-17-14-18-31(24-30)42-25-29-15-10-9-11-16-29)26-35(5,6)37-33(40)32(23-28(3)4)36-34(41)38-20-12-7-8-13-21-38/h9-11,14-18,24,27-28,32H,7-8,12-13,19-23,25-26H2,1-6H3,(H,36,41)(H,37,40). The molecule has 1 atom stereocenters. The number of hydrogen-bond donors (Lipinski definition) is 2. The monoisotopic (exact) mass is 578 g/mol. The summed E-state index contributed by atoms with van der Waals surface area (Å²) in [7, 11) is 0. The fraction of sp³-hybridized carbons (Fsp3) is 0.600. The van der Waals surface area contributed by atoms with Gasteiger partial charge in [0.25, 0.3) is 0 Å². The van der Waals surface area contributed by atoms with Crippen LogP contribution in [0.4, 0.5) is 10.5 Å². The number of carbonyl (C=O) groups excluding carboxylic acids is 2. The number of nitrogens with zero attached hydrogens (tertiary/aromatic N) is 2. The quantitative estimate of drug-likeness (QED) is 0.253. The highest BCUT2D eigenvalue weighted by Gasteiger charge is 2.30. The van der Waals surface area contributed by atoms with Crippen molar-refractivity contribution in [2.24, 2.45) is 11.8 Å². The first-order valence-electron chi connectivity index (χ1n) is 15.9.